The molecule has 0 fully saturated rings. The molecule has 4 aromatic rings. The number of halogens is 6. The third-order valence-electron chi connectivity index (χ3n) is 12.1. The van der Waals surface area contributed by atoms with Crippen molar-refractivity contribution in [2.24, 2.45) is 11.5 Å². The Morgan fingerprint density at radius 3 is 1.29 bits per heavy atom. The van der Waals surface area contributed by atoms with Gasteiger partial charge in [0.05, 0.1) is 0 Å². The number of carboxylic acids is 2. The fourth-order valence-corrected chi connectivity index (χ4v) is 7.58. The summed E-state index contributed by atoms with van der Waals surface area (Å²) in [5, 5.41) is 26.0. The van der Waals surface area contributed by atoms with Crippen molar-refractivity contribution < 1.29 is 74.8 Å². The summed E-state index contributed by atoms with van der Waals surface area (Å²) in [5.41, 5.74) is 19.2. The predicted octanol–water partition coefficient (Wildman–Crippen LogP) is 9.29. The molecule has 0 aliphatic carbocycles. The molecule has 0 spiro atoms. The normalized spacial score (nSPS) is 12.1. The van der Waals surface area contributed by atoms with Gasteiger partial charge in [-0.3, -0.25) is 19.2 Å². The molecule has 2 atom stereocenters. The van der Waals surface area contributed by atoms with Gasteiger partial charge in [0.1, 0.15) is 23.6 Å². The van der Waals surface area contributed by atoms with Gasteiger partial charge in [0, 0.05) is 18.7 Å². The van der Waals surface area contributed by atoms with Crippen LogP contribution in [0.1, 0.15) is 113 Å². The summed E-state index contributed by atoms with van der Waals surface area (Å²) in [4.78, 5) is 71.4. The highest BCUT2D eigenvalue weighted by molar-refractivity contribution is 5.89. The average Bonchev–Trinajstić information content (AvgIpc) is 3.58. The molecule has 0 aliphatic heterocycles. The Morgan fingerprint density at radius 2 is 0.927 bits per heavy atom. The zero-order valence-electron chi connectivity index (χ0n) is 47.3. The fraction of sp³-hybridized carbons (Fsp3) is 0.433. The Labute approximate surface area is 475 Å². The number of amides is 4. The molecule has 0 bridgehead atoms. The third-order valence-corrected chi connectivity index (χ3v) is 12.1. The topological polar surface area (TPSA) is 262 Å². The van der Waals surface area contributed by atoms with E-state index in [1.54, 1.807) is 12.1 Å². The van der Waals surface area contributed by atoms with Gasteiger partial charge in [-0.15, -0.1) is 13.2 Å². The Kier molecular flexibility index (Phi) is 29.1. The first-order valence-electron chi connectivity index (χ1n) is 26.4. The minimum absolute atomic E-state index is 0.0196. The van der Waals surface area contributed by atoms with Crippen molar-refractivity contribution >= 4 is 35.6 Å². The molecule has 450 valence electrons. The first kappa shape index (κ1) is 70.4. The predicted molar refractivity (Wildman–Crippen MR) is 302 cm³/mol. The summed E-state index contributed by atoms with van der Waals surface area (Å²) >= 11 is 0. The maximum Gasteiger partial charge on any atom is 0.490 e. The van der Waals surface area contributed by atoms with Crippen LogP contribution >= 0.6 is 0 Å². The number of alkyl halides is 6. The van der Waals surface area contributed by atoms with Crippen LogP contribution < -0.4 is 42.2 Å². The van der Waals surface area contributed by atoms with E-state index in [9.17, 15) is 45.5 Å². The second kappa shape index (κ2) is 33.9. The zero-order valence-corrected chi connectivity index (χ0v) is 47.3. The van der Waals surface area contributed by atoms with Crippen molar-refractivity contribution in [3.05, 3.63) is 144 Å². The van der Waals surface area contributed by atoms with E-state index in [4.69, 9.17) is 40.7 Å². The van der Waals surface area contributed by atoms with Crippen LogP contribution in [-0.4, -0.2) is 96.5 Å². The molecule has 0 aliphatic rings. The van der Waals surface area contributed by atoms with Crippen LogP contribution in [0.4, 0.5) is 26.3 Å². The number of allylic oxidation sites excluding steroid dienone is 2. The molecule has 4 amide bonds. The lowest BCUT2D eigenvalue weighted by molar-refractivity contribution is -0.193. The first-order valence-corrected chi connectivity index (χ1v) is 26.4. The number of carboxylic acid groups (broad SMARTS) is 2. The highest BCUT2D eigenvalue weighted by atomic mass is 19.4. The van der Waals surface area contributed by atoms with E-state index in [-0.39, 0.29) is 35.9 Å². The van der Waals surface area contributed by atoms with Crippen molar-refractivity contribution in [3.63, 3.8) is 0 Å². The van der Waals surface area contributed by atoms with E-state index in [0.29, 0.717) is 76.2 Å². The maximum absolute atomic E-state index is 13.5. The SMILES string of the molecule is C=CCc1ccc(OCC(=O)NC(CCCCN)C(=O)NCc2ccc(C(C)(C)C)cc2)c(-c2ccc(OCC(=O)NC(CCCCN)C(=O)NCc3ccc(C(C)(C)C)cc3)c(CC=C)c2)c1.O=C(O)C(F)(F)F.O=C(O)C(F)(F)F. The second-order valence-corrected chi connectivity index (χ2v) is 21.0. The standard InChI is InChI=1S/C56H76N6O6.2C2HF3O2/c1-9-15-39-23-29-50(68-38-52(64)62-48(18-12-14-32-58)54(66)60-36-41-21-27-45(28-22-41)56(6,7)8)46(33-39)42-24-30-49(43(34-42)16-10-2)67-37-51(63)61-47(17-11-13-31-57)53(65)59-35-40-19-25-44(26-20-40)55(3,4)5;2*3-2(4,5)1(6)7/h9-10,19-30,33-34,47-48H,1-2,11-18,31-32,35-38,57-58H2,3-8H3,(H,59,65)(H,60,66)(H,61,63)(H,62,64);2*(H,6,7). The number of benzene rings is 4. The van der Waals surface area contributed by atoms with Gasteiger partial charge in [0.15, 0.2) is 13.2 Å². The number of nitrogens with two attached hydrogens (primary N) is 2. The van der Waals surface area contributed by atoms with Crippen LogP contribution in [0.5, 0.6) is 11.5 Å². The van der Waals surface area contributed by atoms with Crippen molar-refractivity contribution in [1.29, 1.82) is 0 Å². The molecule has 4 rings (SSSR count). The van der Waals surface area contributed by atoms with Gasteiger partial charge in [0.25, 0.3) is 11.8 Å². The lowest BCUT2D eigenvalue weighted by Gasteiger charge is -2.21. The Bertz CT molecular complexity index is 2700. The fourth-order valence-electron chi connectivity index (χ4n) is 7.58. The van der Waals surface area contributed by atoms with Crippen LogP contribution in [0.2, 0.25) is 0 Å². The number of hydrogen-bond donors (Lipinski definition) is 8. The Morgan fingerprint density at radius 1 is 0.549 bits per heavy atom. The monoisotopic (exact) mass is 1160 g/mol. The molecule has 2 unspecified atom stereocenters. The van der Waals surface area contributed by atoms with Gasteiger partial charge in [-0.1, -0.05) is 114 Å². The smallest absolute Gasteiger partial charge is 0.483 e. The number of nitrogens with one attached hydrogen (secondary N) is 4. The molecule has 0 heterocycles. The van der Waals surface area contributed by atoms with Gasteiger partial charge in [-0.05, 0) is 138 Å². The average molecular weight is 1160 g/mol. The summed E-state index contributed by atoms with van der Waals surface area (Å²) in [7, 11) is 0. The van der Waals surface area contributed by atoms with E-state index >= 15 is 0 Å². The van der Waals surface area contributed by atoms with E-state index in [2.05, 4.69) is 100 Å². The zero-order chi connectivity index (χ0) is 61.8. The largest absolute Gasteiger partial charge is 0.490 e. The Balaban J connectivity index is 0.00000145. The lowest BCUT2D eigenvalue weighted by Crippen LogP contribution is -2.48. The number of rotatable bonds is 27. The van der Waals surface area contributed by atoms with Gasteiger partial charge in [-0.25, -0.2) is 9.59 Å². The molecule has 4 aromatic carbocycles. The highest BCUT2D eigenvalue weighted by Crippen LogP contribution is 2.35. The van der Waals surface area contributed by atoms with Gasteiger partial charge in [-0.2, -0.15) is 26.3 Å². The second-order valence-electron chi connectivity index (χ2n) is 21.0. The van der Waals surface area contributed by atoms with Crippen molar-refractivity contribution in [2.45, 2.75) is 141 Å². The van der Waals surface area contributed by atoms with E-state index in [1.165, 1.54) is 11.1 Å². The quantitative estimate of drug-likeness (QED) is 0.0158. The summed E-state index contributed by atoms with van der Waals surface area (Å²) < 4.78 is 75.7. The van der Waals surface area contributed by atoms with Crippen LogP contribution in [0.15, 0.2) is 110 Å². The lowest BCUT2D eigenvalue weighted by atomic mass is 9.87. The van der Waals surface area contributed by atoms with Crippen LogP contribution in [0, 0.1) is 0 Å². The van der Waals surface area contributed by atoms with Gasteiger partial charge < -0.3 is 52.4 Å². The van der Waals surface area contributed by atoms with Crippen molar-refractivity contribution in [2.75, 3.05) is 26.3 Å². The molecule has 0 saturated carbocycles. The number of hydrogen-bond acceptors (Lipinski definition) is 10. The molecule has 0 aromatic heterocycles. The highest BCUT2D eigenvalue weighted by Gasteiger charge is 2.39. The molecular formula is C60H78F6N6O10. The third kappa shape index (κ3) is 26.3. The molecule has 0 saturated heterocycles. The number of aliphatic carboxylic acids is 2. The Hall–Kier alpha value is -7.72. The summed E-state index contributed by atoms with van der Waals surface area (Å²) in [5.74, 6) is -5.99. The molecule has 10 N–H and O–H groups in total. The van der Waals surface area contributed by atoms with Gasteiger partial charge >= 0.3 is 24.3 Å². The van der Waals surface area contributed by atoms with Crippen LogP contribution in [-0.2, 0) is 65.5 Å². The molecule has 0 radical (unpaired) electrons. The van der Waals surface area contributed by atoms with Gasteiger partial charge in [0.2, 0.25) is 11.8 Å². The number of unbranched alkanes of at least 4 members (excludes halogenated alkanes) is 2. The van der Waals surface area contributed by atoms with Crippen LogP contribution in [0.3, 0.4) is 0 Å². The molecule has 16 nitrogen and oxygen atoms in total. The van der Waals surface area contributed by atoms with Crippen molar-refractivity contribution in [3.8, 4) is 22.6 Å². The number of carbonyl (C=O) groups excluding carboxylic acids is 4. The van der Waals surface area contributed by atoms with E-state index in [1.807, 2.05) is 60.7 Å². The number of carbonyl (C=O) groups is 6. The van der Waals surface area contributed by atoms with E-state index in [0.717, 1.165) is 46.2 Å². The molecule has 82 heavy (non-hydrogen) atoms. The number of ether oxygens (including phenoxy) is 2. The van der Waals surface area contributed by atoms with E-state index < -0.39 is 48.2 Å². The summed E-state index contributed by atoms with van der Waals surface area (Å²) in [6, 6.07) is 26.1. The molecular weight excluding hydrogens is 1080 g/mol. The summed E-state index contributed by atoms with van der Waals surface area (Å²) in [6.07, 6.45) is -1.91. The van der Waals surface area contributed by atoms with Crippen molar-refractivity contribution in [1.82, 2.24) is 21.3 Å². The maximum atomic E-state index is 13.5. The molecule has 22 heteroatoms. The summed E-state index contributed by atoms with van der Waals surface area (Å²) in [6.45, 7) is 21.8. The minimum atomic E-state index is -5.08. The van der Waals surface area contributed by atoms with Crippen LogP contribution in [0.25, 0.3) is 11.1 Å². The minimum Gasteiger partial charge on any atom is -0.483 e. The first-order chi connectivity index (χ1) is 38.3.